The molecule has 0 aliphatic heterocycles. The zero-order valence-electron chi connectivity index (χ0n) is 13.1. The Balaban J connectivity index is 2.47. The molecule has 4 heteroatoms. The van der Waals surface area contributed by atoms with Gasteiger partial charge in [-0.05, 0) is 54.8 Å². The van der Waals surface area contributed by atoms with Crippen LogP contribution < -0.4 is 0 Å². The number of carbonyl (C=O) groups excluding carboxylic acids is 2. The number of ether oxygens (including phenoxy) is 1. The number of hydrogen-bond acceptors (Lipinski definition) is 3. The molecule has 0 amide bonds. The van der Waals surface area contributed by atoms with E-state index >= 15 is 0 Å². The number of allylic oxidation sites excluding steroid dienone is 1. The largest absolute Gasteiger partial charge is 0.460 e. The Morgan fingerprint density at radius 2 is 1.65 bits per heavy atom. The molecule has 0 N–H and O–H groups in total. The molecular weight excluding hydrogens is 295 g/mol. The highest BCUT2D eigenvalue weighted by atomic mass is 19.1. The van der Waals surface area contributed by atoms with Gasteiger partial charge in [0.25, 0.3) is 5.78 Å². The summed E-state index contributed by atoms with van der Waals surface area (Å²) in [6.45, 7) is 7.39. The standard InChI is InChI=1S/C19H17FO3/c1-4-23-19(22)18(21)16-10-7-14(11-17(16)12(2)3)13-5-8-15(20)9-6-13/h5-11H,2,4H2,1,3H3. The smallest absolute Gasteiger partial charge is 0.379 e. The molecule has 3 nitrogen and oxygen atoms in total. The van der Waals surface area contributed by atoms with Gasteiger partial charge in [-0.2, -0.15) is 0 Å². The van der Waals surface area contributed by atoms with Gasteiger partial charge in [0, 0.05) is 5.56 Å². The van der Waals surface area contributed by atoms with Crippen molar-refractivity contribution in [1.29, 1.82) is 0 Å². The lowest BCUT2D eigenvalue weighted by Crippen LogP contribution is -2.18. The van der Waals surface area contributed by atoms with E-state index in [1.54, 1.807) is 44.2 Å². The first-order valence-corrected chi connectivity index (χ1v) is 7.21. The minimum atomic E-state index is -0.885. The van der Waals surface area contributed by atoms with Gasteiger partial charge in [0.15, 0.2) is 0 Å². The normalized spacial score (nSPS) is 10.2. The van der Waals surface area contributed by atoms with E-state index in [0.29, 0.717) is 11.1 Å². The zero-order chi connectivity index (χ0) is 17.0. The van der Waals surface area contributed by atoms with E-state index in [2.05, 4.69) is 6.58 Å². The molecule has 0 heterocycles. The van der Waals surface area contributed by atoms with Crippen molar-refractivity contribution >= 4 is 17.3 Å². The molecule has 0 saturated heterocycles. The van der Waals surface area contributed by atoms with Gasteiger partial charge < -0.3 is 4.74 Å². The molecule has 118 valence electrons. The summed E-state index contributed by atoms with van der Waals surface area (Å²) in [6.07, 6.45) is 0. The predicted molar refractivity (Wildman–Crippen MR) is 87.5 cm³/mol. The summed E-state index contributed by atoms with van der Waals surface area (Å²) in [5.74, 6) is -1.90. The Labute approximate surface area is 134 Å². The molecule has 0 saturated carbocycles. The molecular formula is C19H17FO3. The number of benzene rings is 2. The first-order valence-electron chi connectivity index (χ1n) is 7.21. The van der Waals surface area contributed by atoms with Crippen LogP contribution in [0.1, 0.15) is 29.8 Å². The Morgan fingerprint density at radius 1 is 1.04 bits per heavy atom. The fraction of sp³-hybridized carbons (Fsp3) is 0.158. The number of ketones is 1. The molecule has 2 aromatic rings. The number of carbonyl (C=O) groups is 2. The molecule has 0 atom stereocenters. The fourth-order valence-corrected chi connectivity index (χ4v) is 2.22. The van der Waals surface area contributed by atoms with Crippen LogP contribution in [-0.4, -0.2) is 18.4 Å². The Bertz CT molecular complexity index is 761. The maximum Gasteiger partial charge on any atom is 0.379 e. The van der Waals surface area contributed by atoms with Crippen molar-refractivity contribution in [1.82, 2.24) is 0 Å². The minimum Gasteiger partial charge on any atom is -0.460 e. The molecule has 0 unspecified atom stereocenters. The van der Waals surface area contributed by atoms with Gasteiger partial charge in [0.05, 0.1) is 6.61 Å². The second-order valence-corrected chi connectivity index (χ2v) is 5.10. The van der Waals surface area contributed by atoms with Gasteiger partial charge in [-0.25, -0.2) is 9.18 Å². The third-order valence-corrected chi connectivity index (χ3v) is 3.36. The summed E-state index contributed by atoms with van der Waals surface area (Å²) < 4.78 is 17.8. The van der Waals surface area contributed by atoms with Crippen molar-refractivity contribution in [3.63, 3.8) is 0 Å². The second-order valence-electron chi connectivity index (χ2n) is 5.10. The van der Waals surface area contributed by atoms with Gasteiger partial charge in [0.2, 0.25) is 0 Å². The molecule has 0 aliphatic rings. The molecule has 23 heavy (non-hydrogen) atoms. The van der Waals surface area contributed by atoms with Gasteiger partial charge in [-0.3, -0.25) is 4.79 Å². The van der Waals surface area contributed by atoms with Crippen LogP contribution in [0, 0.1) is 5.82 Å². The molecule has 0 fully saturated rings. The van der Waals surface area contributed by atoms with Crippen molar-refractivity contribution in [3.05, 3.63) is 66.0 Å². The quantitative estimate of drug-likeness (QED) is 0.470. The lowest BCUT2D eigenvalue weighted by Gasteiger charge is -2.11. The summed E-state index contributed by atoms with van der Waals surface area (Å²) >= 11 is 0. The van der Waals surface area contributed by atoms with Crippen LogP contribution in [0.4, 0.5) is 4.39 Å². The topological polar surface area (TPSA) is 43.4 Å². The predicted octanol–water partition coefficient (Wildman–Crippen LogP) is 4.27. The highest BCUT2D eigenvalue weighted by Crippen LogP contribution is 2.27. The maximum atomic E-state index is 13.0. The number of esters is 1. The first kappa shape index (κ1) is 16.6. The summed E-state index contributed by atoms with van der Waals surface area (Å²) in [4.78, 5) is 23.9. The number of rotatable bonds is 5. The minimum absolute atomic E-state index is 0.140. The van der Waals surface area contributed by atoms with Crippen molar-refractivity contribution in [3.8, 4) is 11.1 Å². The van der Waals surface area contributed by atoms with Crippen LogP contribution in [-0.2, 0) is 9.53 Å². The number of halogens is 1. The van der Waals surface area contributed by atoms with Crippen molar-refractivity contribution in [2.75, 3.05) is 6.61 Å². The average molecular weight is 312 g/mol. The zero-order valence-corrected chi connectivity index (χ0v) is 13.1. The Hall–Kier alpha value is -2.75. The molecule has 0 radical (unpaired) electrons. The van der Waals surface area contributed by atoms with Crippen molar-refractivity contribution < 1.29 is 18.7 Å². The Morgan fingerprint density at radius 3 is 2.22 bits per heavy atom. The molecule has 0 bridgehead atoms. The van der Waals surface area contributed by atoms with Gasteiger partial charge in [0.1, 0.15) is 5.82 Å². The average Bonchev–Trinajstić information content (AvgIpc) is 2.54. The van der Waals surface area contributed by atoms with E-state index in [-0.39, 0.29) is 18.0 Å². The summed E-state index contributed by atoms with van der Waals surface area (Å²) in [6, 6.07) is 11.1. The first-order chi connectivity index (χ1) is 10.9. The molecule has 0 aliphatic carbocycles. The lowest BCUT2D eigenvalue weighted by molar-refractivity contribution is -0.137. The van der Waals surface area contributed by atoms with Crippen LogP contribution >= 0.6 is 0 Å². The monoisotopic (exact) mass is 312 g/mol. The van der Waals surface area contributed by atoms with Crippen molar-refractivity contribution in [2.24, 2.45) is 0 Å². The number of Topliss-reactive ketones (excluding diaryl/α,β-unsaturated/α-hetero) is 1. The van der Waals surface area contributed by atoms with Crippen LogP contribution in [0.25, 0.3) is 16.7 Å². The van der Waals surface area contributed by atoms with Crippen molar-refractivity contribution in [2.45, 2.75) is 13.8 Å². The van der Waals surface area contributed by atoms with Crippen LogP contribution in [0.2, 0.25) is 0 Å². The van der Waals surface area contributed by atoms with Crippen LogP contribution in [0.15, 0.2) is 49.0 Å². The molecule has 0 spiro atoms. The summed E-state index contributed by atoms with van der Waals surface area (Å²) in [5, 5.41) is 0. The SMILES string of the molecule is C=C(C)c1cc(-c2ccc(F)cc2)ccc1C(=O)C(=O)OCC. The maximum absolute atomic E-state index is 13.0. The summed E-state index contributed by atoms with van der Waals surface area (Å²) in [7, 11) is 0. The Kier molecular flexibility index (Phi) is 5.06. The molecule has 2 rings (SSSR count). The highest BCUT2D eigenvalue weighted by Gasteiger charge is 2.21. The third-order valence-electron chi connectivity index (χ3n) is 3.36. The van der Waals surface area contributed by atoms with Crippen LogP contribution in [0.3, 0.4) is 0 Å². The van der Waals surface area contributed by atoms with E-state index < -0.39 is 11.8 Å². The van der Waals surface area contributed by atoms with E-state index in [1.807, 2.05) is 0 Å². The molecule has 0 aromatic heterocycles. The van der Waals surface area contributed by atoms with E-state index in [1.165, 1.54) is 12.1 Å². The van der Waals surface area contributed by atoms with Gasteiger partial charge in [-0.1, -0.05) is 30.4 Å². The third kappa shape index (κ3) is 3.72. The van der Waals surface area contributed by atoms with Crippen LogP contribution in [0.5, 0.6) is 0 Å². The summed E-state index contributed by atoms with van der Waals surface area (Å²) in [5.41, 5.74) is 3.10. The van der Waals surface area contributed by atoms with Gasteiger partial charge >= 0.3 is 5.97 Å². The van der Waals surface area contributed by atoms with E-state index in [4.69, 9.17) is 4.74 Å². The lowest BCUT2D eigenvalue weighted by atomic mass is 9.94. The number of hydrogen-bond donors (Lipinski definition) is 0. The van der Waals surface area contributed by atoms with E-state index in [9.17, 15) is 14.0 Å². The van der Waals surface area contributed by atoms with E-state index in [0.717, 1.165) is 11.1 Å². The second kappa shape index (κ2) is 7.01. The highest BCUT2D eigenvalue weighted by molar-refractivity contribution is 6.41. The van der Waals surface area contributed by atoms with Gasteiger partial charge in [-0.15, -0.1) is 0 Å². The fourth-order valence-electron chi connectivity index (χ4n) is 2.22. The molecule has 2 aromatic carbocycles.